The van der Waals surface area contributed by atoms with E-state index < -0.39 is 47.5 Å². The lowest BCUT2D eigenvalue weighted by atomic mass is 9.65. The predicted octanol–water partition coefficient (Wildman–Crippen LogP) is 3.83. The zero-order chi connectivity index (χ0) is 30.5. The molecule has 11 nitrogen and oxygen atoms in total. The van der Waals surface area contributed by atoms with Crippen molar-refractivity contribution in [2.45, 2.75) is 31.8 Å². The summed E-state index contributed by atoms with van der Waals surface area (Å²) in [4.78, 5) is 53.0. The van der Waals surface area contributed by atoms with E-state index in [1.807, 2.05) is 0 Å². The number of carboxylic acids is 1. The summed E-state index contributed by atoms with van der Waals surface area (Å²) in [5, 5.41) is 12.2. The highest BCUT2D eigenvalue weighted by atomic mass is 35.5. The van der Waals surface area contributed by atoms with Crippen LogP contribution in [0.2, 0.25) is 5.02 Å². The number of ether oxygens (including phenoxy) is 5. The van der Waals surface area contributed by atoms with E-state index in [9.17, 15) is 19.2 Å². The second-order valence-electron chi connectivity index (χ2n) is 10.1. The maximum Gasteiger partial charge on any atom is 0.341 e. The van der Waals surface area contributed by atoms with Gasteiger partial charge in [-0.15, -0.1) is 0 Å². The van der Waals surface area contributed by atoms with E-state index in [2.05, 4.69) is 5.32 Å². The molecular weight excluding hydrogens is 570 g/mol. The number of carbonyl (C=O) groups excluding carboxylic acids is 3. The number of esters is 1. The van der Waals surface area contributed by atoms with Crippen LogP contribution in [-0.4, -0.2) is 62.1 Å². The minimum Gasteiger partial charge on any atom is -0.496 e. The molecule has 0 saturated carbocycles. The highest BCUT2D eigenvalue weighted by Crippen LogP contribution is 2.56. The molecule has 220 valence electrons. The van der Waals surface area contributed by atoms with Gasteiger partial charge < -0.3 is 34.1 Å². The number of allylic oxidation sites excluding steroid dienone is 2. The van der Waals surface area contributed by atoms with Gasteiger partial charge in [-0.05, 0) is 31.0 Å². The van der Waals surface area contributed by atoms with Crippen molar-refractivity contribution in [3.05, 3.63) is 69.0 Å². The quantitative estimate of drug-likeness (QED) is 0.354. The first kappa shape index (κ1) is 29.0. The molecule has 2 aromatic carbocycles. The largest absolute Gasteiger partial charge is 0.496 e. The highest BCUT2D eigenvalue weighted by molar-refractivity contribution is 6.36. The highest BCUT2D eigenvalue weighted by Gasteiger charge is 2.63. The lowest BCUT2D eigenvalue weighted by molar-refractivity contribution is -0.139. The molecule has 5 rings (SSSR count). The third-order valence-electron chi connectivity index (χ3n) is 7.83. The number of aliphatic carboxylic acids is 1. The molecule has 2 N–H and O–H groups in total. The van der Waals surface area contributed by atoms with Crippen LogP contribution in [0.5, 0.6) is 23.0 Å². The molecule has 1 spiro atoms. The number of nitrogens with one attached hydrogen (secondary N) is 1. The van der Waals surface area contributed by atoms with Gasteiger partial charge in [0.15, 0.2) is 12.4 Å². The van der Waals surface area contributed by atoms with Crippen molar-refractivity contribution < 1.29 is 48.0 Å². The molecule has 0 unspecified atom stereocenters. The fourth-order valence-corrected chi connectivity index (χ4v) is 6.15. The van der Waals surface area contributed by atoms with Crippen LogP contribution < -0.4 is 24.3 Å². The standard InChI is InChI=1S/C30H28ClNO10/c1-13-10-17-23(27(35)30(13)28(36)24-18(38-3)11-19(39-4)25(31)26(24)42-30)22(21(14(2)32-17)29(37)40-5)15-6-8-16(9-7-15)41-12-20(33)34/h6-9,11,13,22,32H,10,12H2,1-5H3,(H,33,34)/t13-,22+,30+/m1/s1. The summed E-state index contributed by atoms with van der Waals surface area (Å²) in [6, 6.07) is 7.80. The summed E-state index contributed by atoms with van der Waals surface area (Å²) in [5.74, 6) is -3.99. The minimum atomic E-state index is -1.98. The maximum absolute atomic E-state index is 14.7. The average Bonchev–Trinajstić information content (AvgIpc) is 3.29. The number of rotatable bonds is 7. The first-order valence-corrected chi connectivity index (χ1v) is 13.3. The number of halogens is 1. The zero-order valence-electron chi connectivity index (χ0n) is 23.5. The number of carbonyl (C=O) groups is 4. The van der Waals surface area contributed by atoms with Gasteiger partial charge in [-0.3, -0.25) is 9.59 Å². The lowest BCUT2D eigenvalue weighted by Gasteiger charge is -2.42. The molecule has 0 amide bonds. The second kappa shape index (κ2) is 10.7. The second-order valence-corrected chi connectivity index (χ2v) is 10.5. The van der Waals surface area contributed by atoms with Crippen LogP contribution in [0.25, 0.3) is 0 Å². The number of methoxy groups -OCH3 is 3. The SMILES string of the molecule is COC(=O)C1=C(C)NC2=C(C(=O)[C@@]3(Oc4c(Cl)c(OC)cc(OC)c4C3=O)[C@H](C)C2)[C@H]1c1ccc(OCC(=O)O)cc1. The monoisotopic (exact) mass is 597 g/mol. The molecule has 0 aromatic heterocycles. The number of hydrogen-bond donors (Lipinski definition) is 2. The van der Waals surface area contributed by atoms with Gasteiger partial charge in [-0.2, -0.15) is 0 Å². The summed E-state index contributed by atoms with van der Waals surface area (Å²) in [7, 11) is 4.03. The van der Waals surface area contributed by atoms with E-state index in [1.54, 1.807) is 38.1 Å². The molecule has 42 heavy (non-hydrogen) atoms. The number of fused-ring (bicyclic) bond motifs is 1. The van der Waals surface area contributed by atoms with Crippen LogP contribution in [0.4, 0.5) is 0 Å². The summed E-state index contributed by atoms with van der Waals surface area (Å²) in [6.45, 7) is 2.91. The summed E-state index contributed by atoms with van der Waals surface area (Å²) < 4.78 is 27.4. The molecule has 3 atom stereocenters. The van der Waals surface area contributed by atoms with Gasteiger partial charge in [0.2, 0.25) is 17.2 Å². The first-order chi connectivity index (χ1) is 20.0. The molecule has 0 fully saturated rings. The van der Waals surface area contributed by atoms with Gasteiger partial charge in [0, 0.05) is 34.9 Å². The van der Waals surface area contributed by atoms with Crippen LogP contribution in [0.15, 0.2) is 52.9 Å². The van der Waals surface area contributed by atoms with E-state index in [0.29, 0.717) is 17.0 Å². The number of hydrogen-bond acceptors (Lipinski definition) is 10. The Bertz CT molecular complexity index is 1590. The third-order valence-corrected chi connectivity index (χ3v) is 8.19. The molecule has 0 bridgehead atoms. The number of benzene rings is 2. The van der Waals surface area contributed by atoms with Gasteiger partial charge in [-0.1, -0.05) is 30.7 Å². The van der Waals surface area contributed by atoms with Crippen molar-refractivity contribution >= 4 is 35.1 Å². The summed E-state index contributed by atoms with van der Waals surface area (Å²) >= 11 is 6.56. The van der Waals surface area contributed by atoms with Crippen molar-refractivity contribution in [2.75, 3.05) is 27.9 Å². The van der Waals surface area contributed by atoms with Gasteiger partial charge in [0.25, 0.3) is 0 Å². The molecule has 3 aliphatic rings. The Morgan fingerprint density at radius 1 is 1.10 bits per heavy atom. The van der Waals surface area contributed by atoms with Crippen LogP contribution in [0, 0.1) is 5.92 Å². The number of dihydropyridines is 1. The van der Waals surface area contributed by atoms with Crippen molar-refractivity contribution in [3.63, 3.8) is 0 Å². The molecule has 0 radical (unpaired) electrons. The smallest absolute Gasteiger partial charge is 0.341 e. The van der Waals surface area contributed by atoms with E-state index in [-0.39, 0.29) is 51.2 Å². The molecule has 2 aromatic rings. The van der Waals surface area contributed by atoms with E-state index in [4.69, 9.17) is 40.4 Å². The van der Waals surface area contributed by atoms with Gasteiger partial charge in [-0.25, -0.2) is 9.59 Å². The van der Waals surface area contributed by atoms with Gasteiger partial charge in [0.1, 0.15) is 27.8 Å². The lowest BCUT2D eigenvalue weighted by Crippen LogP contribution is -2.58. The summed E-state index contributed by atoms with van der Waals surface area (Å²) in [6.07, 6.45) is 0.236. The Balaban J connectivity index is 1.65. The Kier molecular flexibility index (Phi) is 7.40. The van der Waals surface area contributed by atoms with Crippen molar-refractivity contribution in [2.24, 2.45) is 5.92 Å². The Morgan fingerprint density at radius 3 is 2.36 bits per heavy atom. The first-order valence-electron chi connectivity index (χ1n) is 13.0. The van der Waals surface area contributed by atoms with Crippen LogP contribution >= 0.6 is 11.6 Å². The molecule has 0 saturated heterocycles. The van der Waals surface area contributed by atoms with E-state index in [1.165, 1.54) is 27.4 Å². The van der Waals surface area contributed by atoms with E-state index >= 15 is 0 Å². The van der Waals surface area contributed by atoms with Crippen LogP contribution in [0.1, 0.15) is 42.1 Å². The topological polar surface area (TPSA) is 147 Å². The summed E-state index contributed by atoms with van der Waals surface area (Å²) in [5.41, 5.74) is -0.0548. The van der Waals surface area contributed by atoms with Gasteiger partial charge in [0.05, 0.1) is 26.9 Å². The third kappa shape index (κ3) is 4.27. The van der Waals surface area contributed by atoms with E-state index in [0.717, 1.165) is 0 Å². The fraction of sp³-hybridized carbons (Fsp3) is 0.333. The minimum absolute atomic E-state index is 0.0118. The van der Waals surface area contributed by atoms with Crippen molar-refractivity contribution in [1.82, 2.24) is 5.32 Å². The molecule has 12 heteroatoms. The Hall–Kier alpha value is -4.51. The van der Waals surface area contributed by atoms with Gasteiger partial charge >= 0.3 is 11.9 Å². The zero-order valence-corrected chi connectivity index (χ0v) is 24.2. The molecule has 2 aliphatic heterocycles. The normalized spacial score (nSPS) is 22.7. The number of carboxylic acid groups (broad SMARTS) is 1. The predicted molar refractivity (Wildman–Crippen MR) is 148 cm³/mol. The molecule has 1 aliphatic carbocycles. The Morgan fingerprint density at radius 2 is 1.76 bits per heavy atom. The Labute approximate surface area is 246 Å². The average molecular weight is 598 g/mol. The number of Topliss-reactive ketones (excluding diaryl/α,β-unsaturated/α-hetero) is 2. The molecular formula is C30H28ClNO10. The van der Waals surface area contributed by atoms with Crippen molar-refractivity contribution in [1.29, 1.82) is 0 Å². The van der Waals surface area contributed by atoms with Crippen molar-refractivity contribution in [3.8, 4) is 23.0 Å². The van der Waals surface area contributed by atoms with Crippen LogP contribution in [-0.2, 0) is 19.1 Å². The maximum atomic E-state index is 14.7. The fourth-order valence-electron chi connectivity index (χ4n) is 5.89. The number of ketones is 2. The van der Waals surface area contributed by atoms with Crippen LogP contribution in [0.3, 0.4) is 0 Å². The molecule has 2 heterocycles.